The topological polar surface area (TPSA) is 66.8 Å². The van der Waals surface area contributed by atoms with Gasteiger partial charge in [0.2, 0.25) is 0 Å². The summed E-state index contributed by atoms with van der Waals surface area (Å²) in [5, 5.41) is 19.8. The molecule has 0 radical (unpaired) electrons. The first kappa shape index (κ1) is 15.9. The van der Waals surface area contributed by atoms with Crippen LogP contribution in [-0.2, 0) is 4.79 Å². The van der Waals surface area contributed by atoms with Crippen LogP contribution in [0.15, 0.2) is 23.8 Å². The molecule has 0 saturated carbocycles. The van der Waals surface area contributed by atoms with E-state index in [1.165, 1.54) is 5.57 Å². The molecule has 1 aromatic carbocycles. The van der Waals surface area contributed by atoms with Crippen molar-refractivity contribution in [3.8, 4) is 11.5 Å². The van der Waals surface area contributed by atoms with Gasteiger partial charge in [-0.3, -0.25) is 4.79 Å². The Morgan fingerprint density at radius 2 is 2.09 bits per heavy atom. The van der Waals surface area contributed by atoms with Crippen molar-refractivity contribution in [2.75, 3.05) is 0 Å². The minimum Gasteiger partial charge on any atom is -0.508 e. The lowest BCUT2D eigenvalue weighted by atomic mass is 9.67. The third-order valence-corrected chi connectivity index (χ3v) is 5.40. The highest BCUT2D eigenvalue weighted by molar-refractivity contribution is 5.76. The highest BCUT2D eigenvalue weighted by atomic mass is 16.5. The third kappa shape index (κ3) is 2.60. The van der Waals surface area contributed by atoms with Crippen molar-refractivity contribution in [3.05, 3.63) is 34.9 Å². The molecule has 4 heteroatoms. The summed E-state index contributed by atoms with van der Waals surface area (Å²) in [5.41, 5.74) is 2.40. The Kier molecular flexibility index (Phi) is 3.66. The van der Waals surface area contributed by atoms with E-state index in [0.717, 1.165) is 18.4 Å². The third-order valence-electron chi connectivity index (χ3n) is 5.40. The highest BCUT2D eigenvalue weighted by Crippen LogP contribution is 2.54. The Balaban J connectivity index is 2.12. The molecule has 1 aliphatic carbocycles. The number of fused-ring (bicyclic) bond motifs is 3. The van der Waals surface area contributed by atoms with E-state index in [1.54, 1.807) is 19.1 Å². The maximum absolute atomic E-state index is 11.2. The summed E-state index contributed by atoms with van der Waals surface area (Å²) < 4.78 is 6.19. The molecule has 2 aliphatic rings. The molecule has 3 rings (SSSR count). The van der Waals surface area contributed by atoms with Gasteiger partial charge in [-0.1, -0.05) is 11.6 Å². The van der Waals surface area contributed by atoms with Crippen molar-refractivity contribution in [1.82, 2.24) is 0 Å². The molecule has 1 aliphatic heterocycles. The van der Waals surface area contributed by atoms with Crippen molar-refractivity contribution in [2.24, 2.45) is 5.92 Å². The lowest BCUT2D eigenvalue weighted by Crippen LogP contribution is -2.45. The van der Waals surface area contributed by atoms with Crippen LogP contribution in [0, 0.1) is 5.92 Å². The number of phenolic OH excluding ortho intramolecular Hbond substituents is 1. The number of allylic oxidation sites excluding steroid dienone is 2. The molecule has 0 bridgehead atoms. The largest absolute Gasteiger partial charge is 0.508 e. The number of aromatic hydroxyl groups is 1. The quantitative estimate of drug-likeness (QED) is 0.803. The fourth-order valence-corrected chi connectivity index (χ4v) is 3.98. The van der Waals surface area contributed by atoms with Gasteiger partial charge in [-0.25, -0.2) is 0 Å². The summed E-state index contributed by atoms with van der Waals surface area (Å²) in [6.45, 7) is 7.89. The summed E-state index contributed by atoms with van der Waals surface area (Å²) in [6.07, 6.45) is 4.11. The van der Waals surface area contributed by atoms with Gasteiger partial charge in [-0.2, -0.15) is 0 Å². The van der Waals surface area contributed by atoms with E-state index in [4.69, 9.17) is 4.74 Å². The van der Waals surface area contributed by atoms with Crippen LogP contribution in [0.1, 0.15) is 63.5 Å². The minimum atomic E-state index is -0.909. The summed E-state index contributed by atoms with van der Waals surface area (Å²) >= 11 is 0. The standard InChI is InChI=1S/C19H24O4/c1-10-5-6-14-13(7-10)17-15(20)8-12(11(2)18(21)22)9-16(17)23-19(14,3)4/h5,8-9,11,13-14,20H,6-7H2,1-4H3,(H,21,22)/t11-,13-,14-/m1/s1. The summed E-state index contributed by atoms with van der Waals surface area (Å²) in [6, 6.07) is 3.38. The molecule has 3 atom stereocenters. The first-order chi connectivity index (χ1) is 10.7. The number of hydrogen-bond acceptors (Lipinski definition) is 3. The zero-order valence-electron chi connectivity index (χ0n) is 14.1. The zero-order valence-corrected chi connectivity index (χ0v) is 14.1. The van der Waals surface area contributed by atoms with E-state index in [9.17, 15) is 15.0 Å². The van der Waals surface area contributed by atoms with E-state index in [1.807, 2.05) is 0 Å². The van der Waals surface area contributed by atoms with Crippen LogP contribution < -0.4 is 4.74 Å². The molecule has 4 nitrogen and oxygen atoms in total. The molecule has 0 aromatic heterocycles. The summed E-state index contributed by atoms with van der Waals surface area (Å²) in [4.78, 5) is 11.2. The SMILES string of the molecule is CC1=CC[C@@H]2[C@@H](C1)c1c(O)cc([C@@H](C)C(=O)O)cc1OC2(C)C. The molecule has 0 spiro atoms. The second-order valence-corrected chi connectivity index (χ2v) is 7.42. The van der Waals surface area contributed by atoms with E-state index >= 15 is 0 Å². The Morgan fingerprint density at radius 3 is 2.74 bits per heavy atom. The van der Waals surface area contributed by atoms with Crippen molar-refractivity contribution < 1.29 is 19.7 Å². The second kappa shape index (κ2) is 5.29. The lowest BCUT2D eigenvalue weighted by Gasteiger charge is -2.47. The number of rotatable bonds is 2. The fourth-order valence-electron chi connectivity index (χ4n) is 3.98. The smallest absolute Gasteiger partial charge is 0.310 e. The van der Waals surface area contributed by atoms with Gasteiger partial charge in [0, 0.05) is 17.4 Å². The van der Waals surface area contributed by atoms with Crippen LogP contribution in [0.2, 0.25) is 0 Å². The number of ether oxygens (including phenoxy) is 1. The van der Waals surface area contributed by atoms with Gasteiger partial charge >= 0.3 is 5.97 Å². The van der Waals surface area contributed by atoms with E-state index in [-0.39, 0.29) is 17.3 Å². The van der Waals surface area contributed by atoms with Crippen LogP contribution in [0.4, 0.5) is 0 Å². The molecule has 0 unspecified atom stereocenters. The van der Waals surface area contributed by atoms with Gasteiger partial charge in [-0.05, 0) is 58.2 Å². The van der Waals surface area contributed by atoms with Gasteiger partial charge in [0.1, 0.15) is 17.1 Å². The van der Waals surface area contributed by atoms with E-state index < -0.39 is 11.9 Å². The fraction of sp³-hybridized carbons (Fsp3) is 0.526. The Hall–Kier alpha value is -1.97. The Morgan fingerprint density at radius 1 is 1.39 bits per heavy atom. The first-order valence-corrected chi connectivity index (χ1v) is 8.15. The molecule has 0 fully saturated rings. The lowest BCUT2D eigenvalue weighted by molar-refractivity contribution is -0.138. The maximum atomic E-state index is 11.2. The van der Waals surface area contributed by atoms with E-state index in [2.05, 4.69) is 26.8 Å². The zero-order chi connectivity index (χ0) is 16.9. The number of carboxylic acid groups (broad SMARTS) is 1. The normalized spacial score (nSPS) is 26.3. The number of hydrogen-bond donors (Lipinski definition) is 2. The number of carbonyl (C=O) groups is 1. The molecule has 1 heterocycles. The van der Waals surface area contributed by atoms with Crippen LogP contribution in [0.25, 0.3) is 0 Å². The van der Waals surface area contributed by atoms with E-state index in [0.29, 0.717) is 17.2 Å². The van der Waals surface area contributed by atoms with Crippen molar-refractivity contribution in [1.29, 1.82) is 0 Å². The average molecular weight is 316 g/mol. The second-order valence-electron chi connectivity index (χ2n) is 7.42. The van der Waals surface area contributed by atoms with Crippen molar-refractivity contribution in [3.63, 3.8) is 0 Å². The average Bonchev–Trinajstić information content (AvgIpc) is 2.44. The summed E-state index contributed by atoms with van der Waals surface area (Å²) in [5.74, 6) is -0.266. The molecule has 0 amide bonds. The number of benzene rings is 1. The highest BCUT2D eigenvalue weighted by Gasteiger charge is 2.45. The maximum Gasteiger partial charge on any atom is 0.310 e. The monoisotopic (exact) mass is 316 g/mol. The van der Waals surface area contributed by atoms with Crippen molar-refractivity contribution >= 4 is 5.97 Å². The molecule has 124 valence electrons. The van der Waals surface area contributed by atoms with Gasteiger partial charge in [-0.15, -0.1) is 0 Å². The predicted octanol–water partition coefficient (Wildman–Crippen LogP) is 4.19. The number of phenols is 1. The molecular formula is C19H24O4. The molecule has 0 saturated heterocycles. The summed E-state index contributed by atoms with van der Waals surface area (Å²) in [7, 11) is 0. The molecule has 2 N–H and O–H groups in total. The van der Waals surface area contributed by atoms with Gasteiger partial charge in [0.05, 0.1) is 5.92 Å². The number of carboxylic acids is 1. The van der Waals surface area contributed by atoms with Gasteiger partial charge in [0.25, 0.3) is 0 Å². The first-order valence-electron chi connectivity index (χ1n) is 8.15. The van der Waals surface area contributed by atoms with Crippen LogP contribution in [0.3, 0.4) is 0 Å². The molecule has 23 heavy (non-hydrogen) atoms. The van der Waals surface area contributed by atoms with Crippen molar-refractivity contribution in [2.45, 2.75) is 58.0 Å². The predicted molar refractivity (Wildman–Crippen MR) is 88.1 cm³/mol. The Bertz CT molecular complexity index is 687. The van der Waals surface area contributed by atoms with Crippen LogP contribution >= 0.6 is 0 Å². The van der Waals surface area contributed by atoms with Gasteiger partial charge < -0.3 is 14.9 Å². The molecular weight excluding hydrogens is 292 g/mol. The van der Waals surface area contributed by atoms with Crippen LogP contribution in [-0.4, -0.2) is 21.8 Å². The Labute approximate surface area is 136 Å². The number of aliphatic carboxylic acids is 1. The molecule has 1 aromatic rings. The van der Waals surface area contributed by atoms with Gasteiger partial charge in [0.15, 0.2) is 0 Å². The minimum absolute atomic E-state index is 0.158. The van der Waals surface area contributed by atoms with Crippen LogP contribution in [0.5, 0.6) is 11.5 Å².